The van der Waals surface area contributed by atoms with Gasteiger partial charge in [0.05, 0.1) is 6.04 Å². The molecule has 2 fully saturated rings. The van der Waals surface area contributed by atoms with Crippen LogP contribution in [0.1, 0.15) is 30.3 Å². The van der Waals surface area contributed by atoms with Crippen LogP contribution in [0.4, 0.5) is 0 Å². The highest BCUT2D eigenvalue weighted by Crippen LogP contribution is 2.26. The van der Waals surface area contributed by atoms with Crippen molar-refractivity contribution in [1.29, 1.82) is 0 Å². The lowest BCUT2D eigenvalue weighted by atomic mass is 10.2. The zero-order valence-corrected chi connectivity index (χ0v) is 16.3. The second-order valence-corrected chi connectivity index (χ2v) is 8.48. The highest BCUT2D eigenvalue weighted by molar-refractivity contribution is 7.14. The van der Waals surface area contributed by atoms with E-state index in [1.807, 2.05) is 34.0 Å². The molecule has 8 heteroatoms. The fraction of sp³-hybridized carbons (Fsp3) is 0.500. The van der Waals surface area contributed by atoms with E-state index in [1.54, 1.807) is 11.3 Å². The molecule has 1 aliphatic heterocycles. The SMILES string of the molecule is CC(C(=O)NC1CC1)N1CCN(C(=O)c2csc(-c3ccsc3)n2)CC1. The van der Waals surface area contributed by atoms with Crippen LogP contribution in [0.2, 0.25) is 0 Å². The maximum absolute atomic E-state index is 12.7. The minimum absolute atomic E-state index is 0.0162. The molecule has 0 bridgehead atoms. The molecule has 6 nitrogen and oxygen atoms in total. The molecular weight excluding hydrogens is 368 g/mol. The molecule has 1 N–H and O–H groups in total. The molecule has 1 atom stereocenters. The van der Waals surface area contributed by atoms with Crippen LogP contribution in [0.25, 0.3) is 10.6 Å². The van der Waals surface area contributed by atoms with E-state index < -0.39 is 0 Å². The van der Waals surface area contributed by atoms with E-state index in [4.69, 9.17) is 0 Å². The summed E-state index contributed by atoms with van der Waals surface area (Å²) in [6.07, 6.45) is 2.20. The van der Waals surface area contributed by atoms with Crippen molar-refractivity contribution in [2.75, 3.05) is 26.2 Å². The highest BCUT2D eigenvalue weighted by atomic mass is 32.1. The third kappa shape index (κ3) is 3.82. The number of carbonyl (C=O) groups excluding carboxylic acids is 2. The molecule has 0 radical (unpaired) electrons. The summed E-state index contributed by atoms with van der Waals surface area (Å²) in [5.74, 6) is 0.0876. The van der Waals surface area contributed by atoms with Crippen molar-refractivity contribution in [3.8, 4) is 10.6 Å². The van der Waals surface area contributed by atoms with Gasteiger partial charge in [0.2, 0.25) is 5.91 Å². The first-order chi connectivity index (χ1) is 12.6. The lowest BCUT2D eigenvalue weighted by Gasteiger charge is -2.37. The Bertz CT molecular complexity index is 777. The maximum atomic E-state index is 12.7. The predicted octanol–water partition coefficient (Wildman–Crippen LogP) is 2.30. The van der Waals surface area contributed by atoms with Crippen molar-refractivity contribution < 1.29 is 9.59 Å². The van der Waals surface area contributed by atoms with Crippen molar-refractivity contribution >= 4 is 34.5 Å². The fourth-order valence-electron chi connectivity index (χ4n) is 3.08. The summed E-state index contributed by atoms with van der Waals surface area (Å²) in [5, 5.41) is 9.84. The molecule has 138 valence electrons. The Morgan fingerprint density at radius 2 is 2.00 bits per heavy atom. The van der Waals surface area contributed by atoms with Gasteiger partial charge in [-0.15, -0.1) is 11.3 Å². The zero-order valence-electron chi connectivity index (χ0n) is 14.7. The van der Waals surface area contributed by atoms with Crippen LogP contribution in [0.3, 0.4) is 0 Å². The molecule has 0 aromatic carbocycles. The first-order valence-electron chi connectivity index (χ1n) is 8.93. The summed E-state index contributed by atoms with van der Waals surface area (Å²) in [5.41, 5.74) is 1.59. The maximum Gasteiger partial charge on any atom is 0.273 e. The molecule has 3 heterocycles. The smallest absolute Gasteiger partial charge is 0.273 e. The Labute approximate surface area is 160 Å². The van der Waals surface area contributed by atoms with Crippen LogP contribution in [-0.4, -0.2) is 64.9 Å². The minimum atomic E-state index is -0.141. The number of thiophene rings is 1. The Morgan fingerprint density at radius 1 is 1.23 bits per heavy atom. The molecule has 1 aliphatic carbocycles. The number of hydrogen-bond donors (Lipinski definition) is 1. The van der Waals surface area contributed by atoms with E-state index in [1.165, 1.54) is 11.3 Å². The lowest BCUT2D eigenvalue weighted by Crippen LogP contribution is -2.55. The van der Waals surface area contributed by atoms with Gasteiger partial charge in [0.25, 0.3) is 5.91 Å². The Hall–Kier alpha value is -1.77. The van der Waals surface area contributed by atoms with Gasteiger partial charge in [0.1, 0.15) is 10.7 Å². The normalized spacial score (nSPS) is 19.3. The van der Waals surface area contributed by atoms with Gasteiger partial charge in [-0.05, 0) is 31.2 Å². The summed E-state index contributed by atoms with van der Waals surface area (Å²) in [4.78, 5) is 33.4. The van der Waals surface area contributed by atoms with Gasteiger partial charge in [-0.3, -0.25) is 14.5 Å². The molecule has 2 aromatic heterocycles. The van der Waals surface area contributed by atoms with Gasteiger partial charge in [-0.25, -0.2) is 4.98 Å². The van der Waals surface area contributed by atoms with Crippen molar-refractivity contribution in [2.24, 2.45) is 0 Å². The summed E-state index contributed by atoms with van der Waals surface area (Å²) in [6, 6.07) is 2.26. The Balaban J connectivity index is 1.32. The van der Waals surface area contributed by atoms with Crippen LogP contribution < -0.4 is 5.32 Å². The molecule has 2 amide bonds. The average Bonchev–Trinajstić information content (AvgIpc) is 3.14. The number of aromatic nitrogens is 1. The minimum Gasteiger partial charge on any atom is -0.352 e. The standard InChI is InChI=1S/C18H22N4O2S2/c1-12(16(23)19-14-2-3-14)21-5-7-22(8-6-21)18(24)15-11-26-17(20-15)13-4-9-25-10-13/h4,9-12,14H,2-3,5-8H2,1H3,(H,19,23). The Morgan fingerprint density at radius 3 is 2.65 bits per heavy atom. The first-order valence-corrected chi connectivity index (χ1v) is 10.8. The van der Waals surface area contributed by atoms with E-state index in [-0.39, 0.29) is 17.9 Å². The van der Waals surface area contributed by atoms with E-state index in [0.717, 1.165) is 23.4 Å². The van der Waals surface area contributed by atoms with Gasteiger partial charge in [-0.1, -0.05) is 0 Å². The number of rotatable bonds is 5. The number of nitrogens with zero attached hydrogens (tertiary/aromatic N) is 3. The Kier molecular flexibility index (Phi) is 5.06. The lowest BCUT2D eigenvalue weighted by molar-refractivity contribution is -0.126. The molecule has 1 saturated heterocycles. The molecule has 1 unspecified atom stereocenters. The molecule has 2 aromatic rings. The summed E-state index contributed by atoms with van der Waals surface area (Å²) < 4.78 is 0. The number of thiazole rings is 1. The zero-order chi connectivity index (χ0) is 18.1. The van der Waals surface area contributed by atoms with Crippen LogP contribution in [0.15, 0.2) is 22.2 Å². The quantitative estimate of drug-likeness (QED) is 0.851. The predicted molar refractivity (Wildman–Crippen MR) is 104 cm³/mol. The molecule has 4 rings (SSSR count). The molecule has 0 spiro atoms. The van der Waals surface area contributed by atoms with E-state index in [2.05, 4.69) is 15.2 Å². The second-order valence-electron chi connectivity index (χ2n) is 6.84. The van der Waals surface area contributed by atoms with E-state index in [0.29, 0.717) is 37.9 Å². The molecular formula is C18H22N4O2S2. The van der Waals surface area contributed by atoms with Gasteiger partial charge in [0.15, 0.2) is 0 Å². The van der Waals surface area contributed by atoms with Crippen molar-refractivity contribution in [1.82, 2.24) is 20.1 Å². The average molecular weight is 391 g/mol. The summed E-state index contributed by atoms with van der Waals surface area (Å²) in [7, 11) is 0. The second kappa shape index (κ2) is 7.46. The van der Waals surface area contributed by atoms with Crippen molar-refractivity contribution in [3.63, 3.8) is 0 Å². The van der Waals surface area contributed by atoms with Crippen LogP contribution in [0, 0.1) is 0 Å². The topological polar surface area (TPSA) is 65.5 Å². The van der Waals surface area contributed by atoms with Crippen LogP contribution in [0.5, 0.6) is 0 Å². The van der Waals surface area contributed by atoms with Gasteiger partial charge < -0.3 is 10.2 Å². The fourth-order valence-corrected chi connectivity index (χ4v) is 4.59. The van der Waals surface area contributed by atoms with E-state index in [9.17, 15) is 9.59 Å². The third-order valence-electron chi connectivity index (χ3n) is 4.94. The monoisotopic (exact) mass is 390 g/mol. The number of piperazine rings is 1. The third-order valence-corrected chi connectivity index (χ3v) is 6.52. The number of hydrogen-bond acceptors (Lipinski definition) is 6. The molecule has 26 heavy (non-hydrogen) atoms. The first kappa shape index (κ1) is 17.6. The van der Waals surface area contributed by atoms with Crippen LogP contribution in [-0.2, 0) is 4.79 Å². The summed E-state index contributed by atoms with van der Waals surface area (Å²) >= 11 is 3.13. The molecule has 1 saturated carbocycles. The number of carbonyl (C=O) groups is 2. The molecule has 2 aliphatic rings. The van der Waals surface area contributed by atoms with Gasteiger partial charge in [-0.2, -0.15) is 11.3 Å². The van der Waals surface area contributed by atoms with Crippen molar-refractivity contribution in [2.45, 2.75) is 31.8 Å². The highest BCUT2D eigenvalue weighted by Gasteiger charge is 2.31. The van der Waals surface area contributed by atoms with Gasteiger partial charge in [0, 0.05) is 48.5 Å². The van der Waals surface area contributed by atoms with Crippen molar-refractivity contribution in [3.05, 3.63) is 27.9 Å². The van der Waals surface area contributed by atoms with Crippen LogP contribution >= 0.6 is 22.7 Å². The van der Waals surface area contributed by atoms with Gasteiger partial charge >= 0.3 is 0 Å². The summed E-state index contributed by atoms with van der Waals surface area (Å²) in [6.45, 7) is 4.64. The number of nitrogens with one attached hydrogen (secondary N) is 1. The van der Waals surface area contributed by atoms with E-state index >= 15 is 0 Å². The number of amides is 2. The largest absolute Gasteiger partial charge is 0.352 e.